The molecule has 0 saturated carbocycles. The lowest BCUT2D eigenvalue weighted by Crippen LogP contribution is -2.29. The molecule has 3 nitrogen and oxygen atoms in total. The Kier molecular flexibility index (Phi) is 3.40. The number of nitrogens with one attached hydrogen (secondary N) is 1. The van der Waals surface area contributed by atoms with E-state index in [-0.39, 0.29) is 6.10 Å². The topological polar surface area (TPSA) is 24.5 Å². The summed E-state index contributed by atoms with van der Waals surface area (Å²) in [6, 6.07) is 8.57. The van der Waals surface area contributed by atoms with Gasteiger partial charge in [0.25, 0.3) is 0 Å². The summed E-state index contributed by atoms with van der Waals surface area (Å²) in [4.78, 5) is 2.52. The van der Waals surface area contributed by atoms with E-state index in [1.807, 2.05) is 0 Å². The van der Waals surface area contributed by atoms with Gasteiger partial charge in [-0.25, -0.2) is 0 Å². The quantitative estimate of drug-likeness (QED) is 0.904. The highest BCUT2D eigenvalue weighted by Gasteiger charge is 2.40. The van der Waals surface area contributed by atoms with E-state index < -0.39 is 0 Å². The largest absolute Gasteiger partial charge is 0.491 e. The number of hydrogen-bond acceptors (Lipinski definition) is 3. The number of anilines is 1. The highest BCUT2D eigenvalue weighted by Crippen LogP contribution is 2.38. The van der Waals surface area contributed by atoms with Crippen LogP contribution in [0.25, 0.3) is 0 Å². The first kappa shape index (κ1) is 12.8. The normalized spacial score (nSPS) is 26.6. The molecule has 1 aromatic rings. The van der Waals surface area contributed by atoms with Crippen LogP contribution in [0.15, 0.2) is 24.3 Å². The van der Waals surface area contributed by atoms with Gasteiger partial charge in [0.1, 0.15) is 5.75 Å². The SMILES string of the molecule is CC(C)Oc1ccc(N2CCC3(CCNC3)C2)cc1. The second kappa shape index (κ2) is 5.04. The van der Waals surface area contributed by atoms with Crippen LogP contribution in [0.5, 0.6) is 5.75 Å². The second-order valence-electron chi connectivity index (χ2n) is 6.26. The van der Waals surface area contributed by atoms with Gasteiger partial charge in [0.05, 0.1) is 6.10 Å². The maximum absolute atomic E-state index is 5.70. The Hall–Kier alpha value is -1.22. The monoisotopic (exact) mass is 260 g/mol. The van der Waals surface area contributed by atoms with Gasteiger partial charge >= 0.3 is 0 Å². The van der Waals surface area contributed by atoms with Crippen LogP contribution >= 0.6 is 0 Å². The first-order valence-electron chi connectivity index (χ1n) is 7.39. The maximum atomic E-state index is 5.70. The third-order valence-electron chi connectivity index (χ3n) is 4.34. The third-order valence-corrected chi connectivity index (χ3v) is 4.34. The Bertz CT molecular complexity index is 421. The van der Waals surface area contributed by atoms with Crippen molar-refractivity contribution in [3.05, 3.63) is 24.3 Å². The number of ether oxygens (including phenoxy) is 1. The summed E-state index contributed by atoms with van der Waals surface area (Å²) in [5, 5.41) is 3.51. The lowest BCUT2D eigenvalue weighted by atomic mass is 9.86. The molecule has 3 heteroatoms. The van der Waals surface area contributed by atoms with Crippen LogP contribution in [0.1, 0.15) is 26.7 Å². The fourth-order valence-corrected chi connectivity index (χ4v) is 3.31. The Balaban J connectivity index is 1.66. The zero-order valence-corrected chi connectivity index (χ0v) is 12.0. The fourth-order valence-electron chi connectivity index (χ4n) is 3.31. The first-order chi connectivity index (χ1) is 9.17. The molecule has 1 aromatic carbocycles. The second-order valence-corrected chi connectivity index (χ2v) is 6.26. The molecule has 2 aliphatic heterocycles. The van der Waals surface area contributed by atoms with Crippen molar-refractivity contribution in [1.29, 1.82) is 0 Å². The van der Waals surface area contributed by atoms with Crippen LogP contribution in [0.3, 0.4) is 0 Å². The molecule has 3 rings (SSSR count). The van der Waals surface area contributed by atoms with Crippen molar-refractivity contribution in [2.75, 3.05) is 31.1 Å². The van der Waals surface area contributed by atoms with Crippen LogP contribution < -0.4 is 15.0 Å². The van der Waals surface area contributed by atoms with Crippen LogP contribution in [-0.2, 0) is 0 Å². The van der Waals surface area contributed by atoms with Crippen molar-refractivity contribution >= 4 is 5.69 Å². The summed E-state index contributed by atoms with van der Waals surface area (Å²) in [7, 11) is 0. The first-order valence-corrected chi connectivity index (χ1v) is 7.39. The Morgan fingerprint density at radius 2 is 2.00 bits per heavy atom. The summed E-state index contributed by atoms with van der Waals surface area (Å²) < 4.78 is 5.70. The molecule has 0 radical (unpaired) electrons. The van der Waals surface area contributed by atoms with Crippen molar-refractivity contribution < 1.29 is 4.74 Å². The summed E-state index contributed by atoms with van der Waals surface area (Å²) in [6.45, 7) is 8.89. The molecule has 2 fully saturated rings. The van der Waals surface area contributed by atoms with E-state index in [1.165, 1.54) is 44.7 Å². The standard InChI is InChI=1S/C16H24N2O/c1-13(2)19-15-5-3-14(4-6-15)18-10-8-16(12-18)7-9-17-11-16/h3-6,13,17H,7-12H2,1-2H3. The van der Waals surface area contributed by atoms with E-state index in [4.69, 9.17) is 4.74 Å². The lowest BCUT2D eigenvalue weighted by Gasteiger charge is -2.24. The fraction of sp³-hybridized carbons (Fsp3) is 0.625. The van der Waals surface area contributed by atoms with Crippen molar-refractivity contribution in [3.63, 3.8) is 0 Å². The lowest BCUT2D eigenvalue weighted by molar-refractivity contribution is 0.242. The van der Waals surface area contributed by atoms with Gasteiger partial charge in [-0.1, -0.05) is 0 Å². The predicted octanol–water partition coefficient (Wildman–Crippen LogP) is 2.66. The molecule has 0 bridgehead atoms. The van der Waals surface area contributed by atoms with Crippen LogP contribution in [0.4, 0.5) is 5.69 Å². The number of benzene rings is 1. The van der Waals surface area contributed by atoms with Crippen molar-refractivity contribution in [3.8, 4) is 5.75 Å². The highest BCUT2D eigenvalue weighted by molar-refractivity contribution is 5.50. The molecule has 1 unspecified atom stereocenters. The average molecular weight is 260 g/mol. The molecule has 104 valence electrons. The molecule has 1 atom stereocenters. The minimum atomic E-state index is 0.241. The Morgan fingerprint density at radius 3 is 2.63 bits per heavy atom. The minimum Gasteiger partial charge on any atom is -0.491 e. The predicted molar refractivity (Wildman–Crippen MR) is 79.0 cm³/mol. The molecule has 1 N–H and O–H groups in total. The molecular weight excluding hydrogens is 236 g/mol. The molecular formula is C16H24N2O. The number of rotatable bonds is 3. The van der Waals surface area contributed by atoms with Gasteiger partial charge in [0.15, 0.2) is 0 Å². The average Bonchev–Trinajstić information content (AvgIpc) is 3.01. The highest BCUT2D eigenvalue weighted by atomic mass is 16.5. The van der Waals surface area contributed by atoms with Crippen LogP contribution in [0, 0.1) is 5.41 Å². The van der Waals surface area contributed by atoms with Gasteiger partial charge in [-0.2, -0.15) is 0 Å². The van der Waals surface area contributed by atoms with Crippen LogP contribution in [-0.4, -0.2) is 32.3 Å². The molecule has 2 saturated heterocycles. The van der Waals surface area contributed by atoms with Crippen molar-refractivity contribution in [2.24, 2.45) is 5.41 Å². The third kappa shape index (κ3) is 2.71. The zero-order valence-electron chi connectivity index (χ0n) is 12.0. The summed E-state index contributed by atoms with van der Waals surface area (Å²) in [5.74, 6) is 0.968. The van der Waals surface area contributed by atoms with Gasteiger partial charge in [-0.05, 0) is 57.5 Å². The van der Waals surface area contributed by atoms with Gasteiger partial charge in [0.2, 0.25) is 0 Å². The molecule has 2 aliphatic rings. The Labute approximate surface area is 115 Å². The van der Waals surface area contributed by atoms with Crippen molar-refractivity contribution in [2.45, 2.75) is 32.8 Å². The van der Waals surface area contributed by atoms with E-state index >= 15 is 0 Å². The van der Waals surface area contributed by atoms with E-state index in [0.717, 1.165) is 5.75 Å². The summed E-state index contributed by atoms with van der Waals surface area (Å²) in [5.41, 5.74) is 1.87. The molecule has 0 amide bonds. The smallest absolute Gasteiger partial charge is 0.119 e. The molecule has 19 heavy (non-hydrogen) atoms. The summed E-state index contributed by atoms with van der Waals surface area (Å²) >= 11 is 0. The zero-order chi connectivity index (χ0) is 13.3. The van der Waals surface area contributed by atoms with Gasteiger partial charge in [0, 0.05) is 30.7 Å². The van der Waals surface area contributed by atoms with Crippen LogP contribution in [0.2, 0.25) is 0 Å². The minimum absolute atomic E-state index is 0.241. The molecule has 2 heterocycles. The van der Waals surface area contributed by atoms with E-state index in [0.29, 0.717) is 5.41 Å². The maximum Gasteiger partial charge on any atom is 0.119 e. The number of hydrogen-bond donors (Lipinski definition) is 1. The Morgan fingerprint density at radius 1 is 1.21 bits per heavy atom. The molecule has 1 spiro atoms. The van der Waals surface area contributed by atoms with Gasteiger partial charge in [-0.3, -0.25) is 0 Å². The van der Waals surface area contributed by atoms with E-state index in [1.54, 1.807) is 0 Å². The van der Waals surface area contributed by atoms with Gasteiger partial charge in [-0.15, -0.1) is 0 Å². The molecule has 0 aromatic heterocycles. The van der Waals surface area contributed by atoms with Gasteiger partial charge < -0.3 is 15.0 Å². The van der Waals surface area contributed by atoms with E-state index in [2.05, 4.69) is 48.3 Å². The number of nitrogens with zero attached hydrogens (tertiary/aromatic N) is 1. The van der Waals surface area contributed by atoms with Crippen molar-refractivity contribution in [1.82, 2.24) is 5.32 Å². The molecule has 0 aliphatic carbocycles. The summed E-state index contributed by atoms with van der Waals surface area (Å²) in [6.07, 6.45) is 2.90. The van der Waals surface area contributed by atoms with E-state index in [9.17, 15) is 0 Å².